The van der Waals surface area contributed by atoms with Gasteiger partial charge in [0, 0.05) is 6.61 Å². The third kappa shape index (κ3) is 6.19. The maximum Gasteiger partial charge on any atom is 0.0576 e. The molecule has 2 heteroatoms. The fourth-order valence-electron chi connectivity index (χ4n) is 3.11. The minimum atomic E-state index is 0.525. The van der Waals surface area contributed by atoms with E-state index in [4.69, 9.17) is 4.74 Å². The molecule has 1 aromatic carbocycles. The average molecular weight is 289 g/mol. The summed E-state index contributed by atoms with van der Waals surface area (Å²) in [6.07, 6.45) is 7.93. The van der Waals surface area contributed by atoms with Gasteiger partial charge in [-0.1, -0.05) is 36.8 Å². The SMILES string of the molecule is CCCNCC(CCC1CCCO1)Cc1ccc(C)cc1. The molecule has 1 fully saturated rings. The molecule has 1 aromatic rings. The summed E-state index contributed by atoms with van der Waals surface area (Å²) in [7, 11) is 0. The Hall–Kier alpha value is -0.860. The first kappa shape index (κ1) is 16.5. The Kier molecular flexibility index (Phi) is 7.25. The van der Waals surface area contributed by atoms with Crippen LogP contribution < -0.4 is 5.32 Å². The van der Waals surface area contributed by atoms with E-state index in [-0.39, 0.29) is 0 Å². The molecule has 0 spiro atoms. The van der Waals surface area contributed by atoms with Crippen molar-refractivity contribution in [3.05, 3.63) is 35.4 Å². The number of nitrogens with one attached hydrogen (secondary N) is 1. The summed E-state index contributed by atoms with van der Waals surface area (Å²) in [5, 5.41) is 3.60. The van der Waals surface area contributed by atoms with Gasteiger partial charge in [0.1, 0.15) is 0 Å². The first-order valence-corrected chi connectivity index (χ1v) is 8.65. The van der Waals surface area contributed by atoms with E-state index in [1.54, 1.807) is 0 Å². The molecule has 2 atom stereocenters. The van der Waals surface area contributed by atoms with Crippen LogP contribution in [0.4, 0.5) is 0 Å². The number of rotatable bonds is 9. The highest BCUT2D eigenvalue weighted by molar-refractivity contribution is 5.21. The summed E-state index contributed by atoms with van der Waals surface area (Å²) in [6, 6.07) is 9.03. The zero-order chi connectivity index (χ0) is 14.9. The van der Waals surface area contributed by atoms with Crippen molar-refractivity contribution in [2.75, 3.05) is 19.7 Å². The summed E-state index contributed by atoms with van der Waals surface area (Å²) in [5.41, 5.74) is 2.81. The molecule has 1 aliphatic rings. The highest BCUT2D eigenvalue weighted by Crippen LogP contribution is 2.21. The lowest BCUT2D eigenvalue weighted by Gasteiger charge is -2.20. The Balaban J connectivity index is 1.82. The summed E-state index contributed by atoms with van der Waals surface area (Å²) in [5.74, 6) is 0.725. The van der Waals surface area contributed by atoms with Gasteiger partial charge in [-0.15, -0.1) is 0 Å². The van der Waals surface area contributed by atoms with Crippen molar-refractivity contribution < 1.29 is 4.74 Å². The molecular formula is C19H31NO. The monoisotopic (exact) mass is 289 g/mol. The van der Waals surface area contributed by atoms with E-state index in [0.717, 1.165) is 25.6 Å². The van der Waals surface area contributed by atoms with Gasteiger partial charge in [-0.2, -0.15) is 0 Å². The van der Waals surface area contributed by atoms with E-state index in [9.17, 15) is 0 Å². The van der Waals surface area contributed by atoms with Crippen LogP contribution in [0.2, 0.25) is 0 Å². The van der Waals surface area contributed by atoms with E-state index >= 15 is 0 Å². The molecule has 1 N–H and O–H groups in total. The van der Waals surface area contributed by atoms with Gasteiger partial charge in [-0.05, 0) is 70.0 Å². The first-order chi connectivity index (χ1) is 10.3. The van der Waals surface area contributed by atoms with Crippen LogP contribution in [-0.2, 0) is 11.2 Å². The van der Waals surface area contributed by atoms with Crippen molar-refractivity contribution in [2.24, 2.45) is 5.92 Å². The normalized spacial score (nSPS) is 19.8. The fraction of sp³-hybridized carbons (Fsp3) is 0.684. The van der Waals surface area contributed by atoms with E-state index in [2.05, 4.69) is 43.4 Å². The van der Waals surface area contributed by atoms with Crippen LogP contribution >= 0.6 is 0 Å². The Morgan fingerprint density at radius 3 is 2.76 bits per heavy atom. The summed E-state index contributed by atoms with van der Waals surface area (Å²) < 4.78 is 5.77. The minimum absolute atomic E-state index is 0.525. The highest BCUT2D eigenvalue weighted by atomic mass is 16.5. The van der Waals surface area contributed by atoms with E-state index in [1.165, 1.54) is 49.7 Å². The Bertz CT molecular complexity index is 381. The molecule has 0 amide bonds. The predicted octanol–water partition coefficient (Wildman–Crippen LogP) is 4.11. The molecule has 0 aromatic heterocycles. The average Bonchev–Trinajstić information content (AvgIpc) is 3.00. The van der Waals surface area contributed by atoms with Gasteiger partial charge in [-0.25, -0.2) is 0 Å². The van der Waals surface area contributed by atoms with Crippen LogP contribution in [0.25, 0.3) is 0 Å². The molecule has 0 radical (unpaired) electrons. The standard InChI is InChI=1S/C19H31NO/c1-3-12-20-15-18(10-11-19-5-4-13-21-19)14-17-8-6-16(2)7-9-17/h6-9,18-20H,3-5,10-15H2,1-2H3. The van der Waals surface area contributed by atoms with Crippen LogP contribution in [0.1, 0.15) is 50.2 Å². The number of aryl methyl sites for hydroxylation is 1. The van der Waals surface area contributed by atoms with E-state index < -0.39 is 0 Å². The molecule has 0 aliphatic carbocycles. The van der Waals surface area contributed by atoms with Gasteiger partial charge in [0.2, 0.25) is 0 Å². The molecule has 118 valence electrons. The fourth-order valence-corrected chi connectivity index (χ4v) is 3.11. The third-order valence-corrected chi connectivity index (χ3v) is 4.43. The van der Waals surface area contributed by atoms with Gasteiger partial charge in [0.05, 0.1) is 6.10 Å². The lowest BCUT2D eigenvalue weighted by Crippen LogP contribution is -2.26. The summed E-state index contributed by atoms with van der Waals surface area (Å²) in [4.78, 5) is 0. The van der Waals surface area contributed by atoms with E-state index in [1.807, 2.05) is 0 Å². The number of benzene rings is 1. The van der Waals surface area contributed by atoms with Gasteiger partial charge >= 0.3 is 0 Å². The van der Waals surface area contributed by atoms with Gasteiger partial charge in [0.25, 0.3) is 0 Å². The second kappa shape index (κ2) is 9.22. The maximum absolute atomic E-state index is 5.77. The number of hydrogen-bond donors (Lipinski definition) is 1. The lowest BCUT2D eigenvalue weighted by molar-refractivity contribution is 0.0979. The lowest BCUT2D eigenvalue weighted by atomic mass is 9.92. The van der Waals surface area contributed by atoms with Crippen molar-refractivity contribution in [1.29, 1.82) is 0 Å². The van der Waals surface area contributed by atoms with E-state index in [0.29, 0.717) is 6.10 Å². The largest absolute Gasteiger partial charge is 0.378 e. The topological polar surface area (TPSA) is 21.3 Å². The van der Waals surface area contributed by atoms with Gasteiger partial charge in [-0.3, -0.25) is 0 Å². The molecule has 1 aliphatic heterocycles. The Labute approximate surface area is 130 Å². The second-order valence-electron chi connectivity index (χ2n) is 6.47. The smallest absolute Gasteiger partial charge is 0.0576 e. The Morgan fingerprint density at radius 1 is 1.29 bits per heavy atom. The molecule has 21 heavy (non-hydrogen) atoms. The van der Waals surface area contributed by atoms with Crippen molar-refractivity contribution >= 4 is 0 Å². The quantitative estimate of drug-likeness (QED) is 0.691. The zero-order valence-electron chi connectivity index (χ0n) is 13.7. The molecule has 2 rings (SSSR count). The molecule has 1 saturated heterocycles. The van der Waals surface area contributed by atoms with Gasteiger partial charge in [0.15, 0.2) is 0 Å². The van der Waals surface area contributed by atoms with Crippen LogP contribution in [-0.4, -0.2) is 25.8 Å². The first-order valence-electron chi connectivity index (χ1n) is 8.65. The second-order valence-corrected chi connectivity index (χ2v) is 6.47. The zero-order valence-corrected chi connectivity index (χ0v) is 13.7. The van der Waals surface area contributed by atoms with Crippen molar-refractivity contribution in [3.63, 3.8) is 0 Å². The third-order valence-electron chi connectivity index (χ3n) is 4.43. The molecule has 0 saturated carbocycles. The van der Waals surface area contributed by atoms with Crippen LogP contribution in [0.5, 0.6) is 0 Å². The molecular weight excluding hydrogens is 258 g/mol. The molecule has 2 nitrogen and oxygen atoms in total. The van der Waals surface area contributed by atoms with Gasteiger partial charge < -0.3 is 10.1 Å². The summed E-state index contributed by atoms with van der Waals surface area (Å²) >= 11 is 0. The summed E-state index contributed by atoms with van der Waals surface area (Å²) in [6.45, 7) is 7.62. The van der Waals surface area contributed by atoms with Crippen LogP contribution in [0.15, 0.2) is 24.3 Å². The maximum atomic E-state index is 5.77. The Morgan fingerprint density at radius 2 is 2.10 bits per heavy atom. The predicted molar refractivity (Wildman–Crippen MR) is 89.7 cm³/mol. The minimum Gasteiger partial charge on any atom is -0.378 e. The molecule has 0 bridgehead atoms. The molecule has 2 unspecified atom stereocenters. The van der Waals surface area contributed by atoms with Crippen LogP contribution in [0, 0.1) is 12.8 Å². The number of hydrogen-bond acceptors (Lipinski definition) is 2. The van der Waals surface area contributed by atoms with Crippen molar-refractivity contribution in [1.82, 2.24) is 5.32 Å². The van der Waals surface area contributed by atoms with Crippen molar-refractivity contribution in [2.45, 2.75) is 58.5 Å². The highest BCUT2D eigenvalue weighted by Gasteiger charge is 2.18. The number of ether oxygens (including phenoxy) is 1. The van der Waals surface area contributed by atoms with Crippen molar-refractivity contribution in [3.8, 4) is 0 Å². The molecule has 1 heterocycles. The van der Waals surface area contributed by atoms with Crippen LogP contribution in [0.3, 0.4) is 0 Å².